The first-order valence-electron chi connectivity index (χ1n) is 4.65. The van der Waals surface area contributed by atoms with Crippen molar-refractivity contribution in [3.8, 4) is 0 Å². The van der Waals surface area contributed by atoms with Crippen molar-refractivity contribution in [2.75, 3.05) is 0 Å². The Hall–Kier alpha value is -0.910. The topological polar surface area (TPSA) is 51.0 Å². The Bertz CT molecular complexity index is 461. The van der Waals surface area contributed by atoms with Gasteiger partial charge >= 0.3 is 0 Å². The van der Waals surface area contributed by atoms with Gasteiger partial charge < -0.3 is 9.84 Å². The van der Waals surface area contributed by atoms with Crippen LogP contribution in [-0.2, 0) is 13.1 Å². The second-order valence-corrected chi connectivity index (χ2v) is 4.46. The molecule has 1 N–H and O–H groups in total. The summed E-state index contributed by atoms with van der Waals surface area (Å²) in [5.41, 5.74) is 1.11. The Labute approximate surface area is 106 Å². The minimum atomic E-state index is 0.574. The molecule has 0 aliphatic carbocycles. The standard InChI is InChI=1S/C10H9BrClN3O/c11-8-2-1-7(3-9(8)12)4-13-5-10-14-6-16-15-10/h1-3,6,13H,4-5H2. The van der Waals surface area contributed by atoms with Crippen molar-refractivity contribution >= 4 is 27.5 Å². The summed E-state index contributed by atoms with van der Waals surface area (Å²) in [5.74, 6) is 0.642. The first kappa shape index (κ1) is 11.6. The molecule has 0 aliphatic rings. The van der Waals surface area contributed by atoms with Crippen LogP contribution in [0.25, 0.3) is 0 Å². The summed E-state index contributed by atoms with van der Waals surface area (Å²) in [4.78, 5) is 3.91. The lowest BCUT2D eigenvalue weighted by molar-refractivity contribution is 0.407. The van der Waals surface area contributed by atoms with Gasteiger partial charge in [-0.05, 0) is 33.6 Å². The number of rotatable bonds is 4. The summed E-state index contributed by atoms with van der Waals surface area (Å²) < 4.78 is 5.52. The zero-order valence-electron chi connectivity index (χ0n) is 8.28. The molecule has 0 spiro atoms. The molecule has 1 aromatic heterocycles. The van der Waals surface area contributed by atoms with Crippen LogP contribution in [0.4, 0.5) is 0 Å². The molecule has 4 nitrogen and oxygen atoms in total. The molecule has 0 saturated heterocycles. The van der Waals surface area contributed by atoms with Crippen molar-refractivity contribution in [3.63, 3.8) is 0 Å². The van der Waals surface area contributed by atoms with Crippen LogP contribution < -0.4 is 5.32 Å². The van der Waals surface area contributed by atoms with Gasteiger partial charge in [-0.3, -0.25) is 0 Å². The summed E-state index contributed by atoms with van der Waals surface area (Å²) in [6, 6.07) is 5.84. The third-order valence-electron chi connectivity index (χ3n) is 2.00. The molecule has 0 amide bonds. The number of hydrogen-bond acceptors (Lipinski definition) is 4. The van der Waals surface area contributed by atoms with E-state index in [1.54, 1.807) is 0 Å². The molecule has 2 rings (SSSR count). The summed E-state index contributed by atoms with van der Waals surface area (Å²) >= 11 is 9.32. The SMILES string of the molecule is Clc1cc(CNCc2ncon2)ccc1Br. The molecule has 0 fully saturated rings. The number of nitrogens with one attached hydrogen (secondary N) is 1. The monoisotopic (exact) mass is 301 g/mol. The van der Waals surface area contributed by atoms with Crippen LogP contribution in [-0.4, -0.2) is 10.1 Å². The molecule has 0 unspecified atom stereocenters. The van der Waals surface area contributed by atoms with E-state index < -0.39 is 0 Å². The molecule has 6 heteroatoms. The molecular formula is C10H9BrClN3O. The molecule has 0 radical (unpaired) electrons. The average molecular weight is 303 g/mol. The largest absolute Gasteiger partial charge is 0.343 e. The van der Waals surface area contributed by atoms with Crippen LogP contribution in [0.3, 0.4) is 0 Å². The molecule has 2 aromatic rings. The van der Waals surface area contributed by atoms with Crippen molar-refractivity contribution in [2.45, 2.75) is 13.1 Å². The molecule has 16 heavy (non-hydrogen) atoms. The fourth-order valence-corrected chi connectivity index (χ4v) is 1.69. The number of halogens is 2. The van der Waals surface area contributed by atoms with Crippen molar-refractivity contribution in [1.29, 1.82) is 0 Å². The number of nitrogens with zero attached hydrogens (tertiary/aromatic N) is 2. The third kappa shape index (κ3) is 3.04. The van der Waals surface area contributed by atoms with Crippen LogP contribution >= 0.6 is 27.5 Å². The lowest BCUT2D eigenvalue weighted by atomic mass is 10.2. The van der Waals surface area contributed by atoms with Crippen LogP contribution in [0.5, 0.6) is 0 Å². The maximum absolute atomic E-state index is 5.98. The molecule has 1 aromatic carbocycles. The Morgan fingerprint density at radius 1 is 1.38 bits per heavy atom. The lowest BCUT2D eigenvalue weighted by Crippen LogP contribution is -2.13. The van der Waals surface area contributed by atoms with Gasteiger partial charge in [0.15, 0.2) is 5.82 Å². The maximum Gasteiger partial charge on any atom is 0.213 e. The van der Waals surface area contributed by atoms with Gasteiger partial charge in [-0.15, -0.1) is 0 Å². The predicted octanol–water partition coefficient (Wildman–Crippen LogP) is 2.78. The fourth-order valence-electron chi connectivity index (χ4n) is 1.24. The minimum Gasteiger partial charge on any atom is -0.343 e. The first-order chi connectivity index (χ1) is 7.75. The van der Waals surface area contributed by atoms with Crippen molar-refractivity contribution < 1.29 is 4.52 Å². The summed E-state index contributed by atoms with van der Waals surface area (Å²) in [5, 5.41) is 7.60. The predicted molar refractivity (Wildman–Crippen MR) is 64.0 cm³/mol. The Morgan fingerprint density at radius 3 is 2.94 bits per heavy atom. The van der Waals surface area contributed by atoms with E-state index in [0.717, 1.165) is 10.0 Å². The van der Waals surface area contributed by atoms with E-state index in [-0.39, 0.29) is 0 Å². The Balaban J connectivity index is 1.87. The van der Waals surface area contributed by atoms with Gasteiger partial charge in [0.25, 0.3) is 0 Å². The average Bonchev–Trinajstić information content (AvgIpc) is 2.76. The van der Waals surface area contributed by atoms with E-state index in [9.17, 15) is 0 Å². The molecule has 0 bridgehead atoms. The normalized spacial score (nSPS) is 10.6. The summed E-state index contributed by atoms with van der Waals surface area (Å²) in [6.45, 7) is 1.28. The van der Waals surface area contributed by atoms with Gasteiger partial charge in [0.05, 0.1) is 11.6 Å². The number of benzene rings is 1. The quantitative estimate of drug-likeness (QED) is 0.943. The van der Waals surface area contributed by atoms with E-state index in [1.807, 2.05) is 18.2 Å². The highest BCUT2D eigenvalue weighted by molar-refractivity contribution is 9.10. The van der Waals surface area contributed by atoms with E-state index in [1.165, 1.54) is 6.39 Å². The Morgan fingerprint density at radius 2 is 2.25 bits per heavy atom. The van der Waals surface area contributed by atoms with Crippen LogP contribution in [0.1, 0.15) is 11.4 Å². The van der Waals surface area contributed by atoms with Gasteiger partial charge in [0.2, 0.25) is 6.39 Å². The van der Waals surface area contributed by atoms with Crippen molar-refractivity contribution in [1.82, 2.24) is 15.5 Å². The van der Waals surface area contributed by atoms with Gasteiger partial charge in [-0.1, -0.05) is 22.8 Å². The van der Waals surface area contributed by atoms with Crippen LogP contribution in [0.15, 0.2) is 33.6 Å². The molecule has 0 atom stereocenters. The van der Waals surface area contributed by atoms with E-state index in [2.05, 4.69) is 35.9 Å². The van der Waals surface area contributed by atoms with Gasteiger partial charge in [-0.25, -0.2) is 0 Å². The molecular weight excluding hydrogens is 293 g/mol. The second kappa shape index (κ2) is 5.43. The zero-order valence-corrected chi connectivity index (χ0v) is 10.6. The van der Waals surface area contributed by atoms with Crippen molar-refractivity contribution in [3.05, 3.63) is 45.5 Å². The highest BCUT2D eigenvalue weighted by Gasteiger charge is 2.00. The smallest absolute Gasteiger partial charge is 0.213 e. The van der Waals surface area contributed by atoms with E-state index >= 15 is 0 Å². The third-order valence-corrected chi connectivity index (χ3v) is 3.24. The second-order valence-electron chi connectivity index (χ2n) is 3.20. The molecule has 0 aliphatic heterocycles. The maximum atomic E-state index is 5.98. The summed E-state index contributed by atoms with van der Waals surface area (Å²) in [6.07, 6.45) is 1.31. The first-order valence-corrected chi connectivity index (χ1v) is 5.82. The molecule has 0 saturated carbocycles. The molecule has 84 valence electrons. The lowest BCUT2D eigenvalue weighted by Gasteiger charge is -2.03. The van der Waals surface area contributed by atoms with Gasteiger partial charge in [0.1, 0.15) is 0 Å². The summed E-state index contributed by atoms with van der Waals surface area (Å²) in [7, 11) is 0. The zero-order chi connectivity index (χ0) is 11.4. The fraction of sp³-hybridized carbons (Fsp3) is 0.200. The van der Waals surface area contributed by atoms with E-state index in [0.29, 0.717) is 23.9 Å². The highest BCUT2D eigenvalue weighted by atomic mass is 79.9. The van der Waals surface area contributed by atoms with E-state index in [4.69, 9.17) is 11.6 Å². The Kier molecular flexibility index (Phi) is 3.93. The van der Waals surface area contributed by atoms with Crippen LogP contribution in [0, 0.1) is 0 Å². The van der Waals surface area contributed by atoms with Gasteiger partial charge in [-0.2, -0.15) is 4.98 Å². The minimum absolute atomic E-state index is 0.574. The van der Waals surface area contributed by atoms with Crippen LogP contribution in [0.2, 0.25) is 5.02 Å². The highest BCUT2D eigenvalue weighted by Crippen LogP contribution is 2.22. The number of aromatic nitrogens is 2. The van der Waals surface area contributed by atoms with Gasteiger partial charge in [0, 0.05) is 11.0 Å². The number of hydrogen-bond donors (Lipinski definition) is 1. The molecule has 1 heterocycles. The van der Waals surface area contributed by atoms with Crippen molar-refractivity contribution in [2.24, 2.45) is 0 Å².